The van der Waals surface area contributed by atoms with Gasteiger partial charge in [-0.2, -0.15) is 0 Å². The molecule has 26 heavy (non-hydrogen) atoms. The lowest BCUT2D eigenvalue weighted by Crippen LogP contribution is -2.66. The van der Waals surface area contributed by atoms with Crippen LogP contribution < -0.4 is 0 Å². The van der Waals surface area contributed by atoms with E-state index in [1.807, 2.05) is 32.0 Å². The van der Waals surface area contributed by atoms with Crippen molar-refractivity contribution in [1.29, 1.82) is 0 Å². The third kappa shape index (κ3) is 3.82. The van der Waals surface area contributed by atoms with E-state index in [2.05, 4.69) is 26.0 Å². The summed E-state index contributed by atoms with van der Waals surface area (Å²) in [5.74, 6) is -0.669. The van der Waals surface area contributed by atoms with E-state index in [0.717, 1.165) is 18.4 Å². The molecule has 145 valence electrons. The second-order valence-electron chi connectivity index (χ2n) is 8.35. The predicted molar refractivity (Wildman–Crippen MR) is 98.8 cm³/mol. The number of rotatable bonds is 6. The molecule has 2 unspecified atom stereocenters. The van der Waals surface area contributed by atoms with Crippen molar-refractivity contribution in [3.8, 4) is 0 Å². The van der Waals surface area contributed by atoms with Crippen LogP contribution in [-0.4, -0.2) is 41.2 Å². The highest BCUT2D eigenvalue weighted by Gasteiger charge is 2.59. The van der Waals surface area contributed by atoms with Crippen molar-refractivity contribution in [3.05, 3.63) is 35.9 Å². The van der Waals surface area contributed by atoms with E-state index in [1.165, 1.54) is 5.06 Å². The minimum Gasteiger partial charge on any atom is -0.374 e. The van der Waals surface area contributed by atoms with Crippen LogP contribution in [0.25, 0.3) is 0 Å². The van der Waals surface area contributed by atoms with Crippen LogP contribution in [0.3, 0.4) is 0 Å². The first-order valence-corrected chi connectivity index (χ1v) is 9.76. The van der Waals surface area contributed by atoms with Gasteiger partial charge in [-0.25, -0.2) is 0 Å². The molecule has 2 aliphatic heterocycles. The quantitative estimate of drug-likeness (QED) is 0.765. The SMILES string of the molecule is CCC1(CC)CC2(CC(C)(C)N1[O])OCC(COCc1ccccc1)O2. The van der Waals surface area contributed by atoms with Crippen LogP contribution >= 0.6 is 0 Å². The Bertz CT molecular complexity index is 587. The summed E-state index contributed by atoms with van der Waals surface area (Å²) in [4.78, 5) is 0. The molecular weight excluding hydrogens is 330 g/mol. The Hall–Kier alpha value is -0.980. The van der Waals surface area contributed by atoms with Crippen LogP contribution in [-0.2, 0) is 26.0 Å². The van der Waals surface area contributed by atoms with Crippen LogP contribution in [0.2, 0.25) is 0 Å². The van der Waals surface area contributed by atoms with Crippen LogP contribution in [0.1, 0.15) is 58.9 Å². The van der Waals surface area contributed by atoms with E-state index in [-0.39, 0.29) is 6.10 Å². The zero-order chi connectivity index (χ0) is 18.8. The van der Waals surface area contributed by atoms with E-state index < -0.39 is 16.9 Å². The molecule has 0 aromatic heterocycles. The highest BCUT2D eigenvalue weighted by atomic mass is 16.8. The van der Waals surface area contributed by atoms with Crippen molar-refractivity contribution in [3.63, 3.8) is 0 Å². The van der Waals surface area contributed by atoms with Gasteiger partial charge in [-0.3, -0.25) is 0 Å². The summed E-state index contributed by atoms with van der Waals surface area (Å²) in [5.41, 5.74) is 0.212. The summed E-state index contributed by atoms with van der Waals surface area (Å²) in [6, 6.07) is 10.1. The van der Waals surface area contributed by atoms with Gasteiger partial charge in [0.05, 0.1) is 25.4 Å². The van der Waals surface area contributed by atoms with E-state index >= 15 is 0 Å². The topological polar surface area (TPSA) is 50.8 Å². The van der Waals surface area contributed by atoms with Gasteiger partial charge in [0.1, 0.15) is 6.10 Å². The fourth-order valence-electron chi connectivity index (χ4n) is 4.56. The van der Waals surface area contributed by atoms with Crippen molar-refractivity contribution >= 4 is 0 Å². The van der Waals surface area contributed by atoms with E-state index in [1.54, 1.807) is 0 Å². The van der Waals surface area contributed by atoms with Crippen LogP contribution in [0.4, 0.5) is 0 Å². The molecule has 2 heterocycles. The summed E-state index contributed by atoms with van der Waals surface area (Å²) in [6.45, 7) is 9.75. The van der Waals surface area contributed by atoms with Crippen LogP contribution in [0.15, 0.2) is 30.3 Å². The monoisotopic (exact) mass is 362 g/mol. The van der Waals surface area contributed by atoms with Gasteiger partial charge in [-0.15, -0.1) is 10.3 Å². The van der Waals surface area contributed by atoms with Gasteiger partial charge >= 0.3 is 0 Å². The first-order valence-electron chi connectivity index (χ1n) is 9.76. The van der Waals surface area contributed by atoms with E-state index in [4.69, 9.17) is 14.2 Å². The van der Waals surface area contributed by atoms with E-state index in [9.17, 15) is 5.21 Å². The number of benzene rings is 1. The molecule has 0 aliphatic carbocycles. The lowest BCUT2D eigenvalue weighted by atomic mass is 9.73. The molecule has 1 aromatic carbocycles. The first kappa shape index (κ1) is 19.8. The van der Waals surface area contributed by atoms with Gasteiger partial charge in [-0.1, -0.05) is 44.2 Å². The Kier molecular flexibility index (Phi) is 5.75. The van der Waals surface area contributed by atoms with Crippen LogP contribution in [0, 0.1) is 0 Å². The Morgan fingerprint density at radius 3 is 2.50 bits per heavy atom. The van der Waals surface area contributed by atoms with Crippen molar-refractivity contribution in [2.75, 3.05) is 13.2 Å². The summed E-state index contributed by atoms with van der Waals surface area (Å²) >= 11 is 0. The third-order valence-corrected chi connectivity index (χ3v) is 5.93. The average molecular weight is 362 g/mol. The molecule has 2 atom stereocenters. The number of nitrogens with zero attached hydrogens (tertiary/aromatic N) is 1. The highest BCUT2D eigenvalue weighted by Crippen LogP contribution is 2.50. The van der Waals surface area contributed by atoms with Crippen molar-refractivity contribution in [2.45, 2.75) is 83.0 Å². The summed E-state index contributed by atoms with van der Waals surface area (Å²) in [6.07, 6.45) is 2.70. The smallest absolute Gasteiger partial charge is 0.172 e. The van der Waals surface area contributed by atoms with Crippen LogP contribution in [0.5, 0.6) is 0 Å². The molecule has 2 fully saturated rings. The second kappa shape index (κ2) is 7.56. The third-order valence-electron chi connectivity index (χ3n) is 5.93. The average Bonchev–Trinajstić information content (AvgIpc) is 3.01. The molecule has 0 N–H and O–H groups in total. The second-order valence-corrected chi connectivity index (χ2v) is 8.35. The van der Waals surface area contributed by atoms with Gasteiger partial charge in [0.25, 0.3) is 0 Å². The number of hydroxylamine groups is 2. The molecule has 1 radical (unpaired) electrons. The maximum absolute atomic E-state index is 13.0. The Morgan fingerprint density at radius 2 is 1.85 bits per heavy atom. The van der Waals surface area contributed by atoms with Gasteiger partial charge < -0.3 is 14.2 Å². The minimum absolute atomic E-state index is 0.0841. The number of ether oxygens (including phenoxy) is 3. The molecule has 0 amide bonds. The molecule has 0 bridgehead atoms. The zero-order valence-electron chi connectivity index (χ0n) is 16.5. The normalized spacial score (nSPS) is 30.7. The lowest BCUT2D eigenvalue weighted by Gasteiger charge is -2.55. The van der Waals surface area contributed by atoms with Crippen molar-refractivity contribution in [1.82, 2.24) is 5.06 Å². The maximum Gasteiger partial charge on any atom is 0.172 e. The molecule has 2 aliphatic rings. The van der Waals surface area contributed by atoms with Crippen molar-refractivity contribution < 1.29 is 19.4 Å². The van der Waals surface area contributed by atoms with Gasteiger partial charge in [0.15, 0.2) is 5.79 Å². The van der Waals surface area contributed by atoms with Gasteiger partial charge in [0.2, 0.25) is 0 Å². The number of hydrogen-bond acceptors (Lipinski definition) is 4. The summed E-state index contributed by atoms with van der Waals surface area (Å²) in [7, 11) is 0. The summed E-state index contributed by atoms with van der Waals surface area (Å²) < 4.78 is 18.4. The largest absolute Gasteiger partial charge is 0.374 e. The number of piperidine rings is 1. The predicted octanol–water partition coefficient (Wildman–Crippen LogP) is 4.09. The van der Waals surface area contributed by atoms with Gasteiger partial charge in [-0.05, 0) is 32.3 Å². The maximum atomic E-state index is 13.0. The number of hydrogen-bond donors (Lipinski definition) is 0. The zero-order valence-corrected chi connectivity index (χ0v) is 16.5. The first-order chi connectivity index (χ1) is 12.3. The molecule has 2 saturated heterocycles. The molecule has 1 spiro atoms. The van der Waals surface area contributed by atoms with E-state index in [0.29, 0.717) is 32.7 Å². The molecule has 0 saturated carbocycles. The van der Waals surface area contributed by atoms with Crippen molar-refractivity contribution in [2.24, 2.45) is 0 Å². The molecule has 5 heteroatoms. The standard InChI is InChI=1S/C21H32NO4/c1-5-20(6-2)16-21(15-19(3,4)22(20)23)25-14-18(26-21)13-24-12-17-10-8-7-9-11-17/h7-11,18H,5-6,12-16H2,1-4H3. The highest BCUT2D eigenvalue weighted by molar-refractivity contribution is 5.13. The van der Waals surface area contributed by atoms with Gasteiger partial charge in [0, 0.05) is 18.4 Å². The lowest BCUT2D eigenvalue weighted by molar-refractivity contribution is -0.352. The molecule has 3 rings (SSSR count). The fourth-order valence-corrected chi connectivity index (χ4v) is 4.56. The minimum atomic E-state index is -0.669. The summed E-state index contributed by atoms with van der Waals surface area (Å²) in [5, 5.41) is 14.3. The molecule has 1 aromatic rings. The molecule has 5 nitrogen and oxygen atoms in total. The Morgan fingerprint density at radius 1 is 1.15 bits per heavy atom. The fraction of sp³-hybridized carbons (Fsp3) is 0.714. The Balaban J connectivity index is 1.62. The Labute approximate surface area is 157 Å². The molecular formula is C21H32NO4.